The highest BCUT2D eigenvalue weighted by molar-refractivity contribution is 7.89. The molecule has 0 atom stereocenters. The minimum Gasteiger partial charge on any atom is -0.461 e. The highest BCUT2D eigenvalue weighted by Gasteiger charge is 2.34. The summed E-state index contributed by atoms with van der Waals surface area (Å²) < 4.78 is 58.7. The predicted molar refractivity (Wildman–Crippen MR) is 98.8 cm³/mol. The molecule has 2 aromatic rings. The van der Waals surface area contributed by atoms with Crippen molar-refractivity contribution in [2.75, 3.05) is 13.1 Å². The molecule has 0 saturated carbocycles. The van der Waals surface area contributed by atoms with Gasteiger partial charge in [-0.3, -0.25) is 4.79 Å². The predicted octanol–water partition coefficient (Wildman–Crippen LogP) is 2.98. The van der Waals surface area contributed by atoms with Gasteiger partial charge in [-0.1, -0.05) is 12.1 Å². The molecule has 0 amide bonds. The van der Waals surface area contributed by atoms with Crippen LogP contribution in [0.2, 0.25) is 0 Å². The molecule has 6 nitrogen and oxygen atoms in total. The molecule has 1 saturated heterocycles. The van der Waals surface area contributed by atoms with Crippen molar-refractivity contribution in [1.82, 2.24) is 4.31 Å². The van der Waals surface area contributed by atoms with Crippen molar-refractivity contribution in [3.8, 4) is 6.07 Å². The zero-order chi connectivity index (χ0) is 21.0. The van der Waals surface area contributed by atoms with Gasteiger partial charge < -0.3 is 4.74 Å². The van der Waals surface area contributed by atoms with E-state index in [0.29, 0.717) is 11.6 Å². The van der Waals surface area contributed by atoms with Crippen molar-refractivity contribution in [2.24, 2.45) is 5.92 Å². The number of nitrogens with zero attached hydrogens (tertiary/aromatic N) is 2. The molecule has 0 aromatic heterocycles. The Labute approximate surface area is 167 Å². The number of hydrogen-bond donors (Lipinski definition) is 0. The molecular formula is C20H18F2N2O4S. The smallest absolute Gasteiger partial charge is 0.309 e. The minimum absolute atomic E-state index is 0.00885. The van der Waals surface area contributed by atoms with Gasteiger partial charge in [0.2, 0.25) is 10.0 Å². The normalized spacial score (nSPS) is 15.6. The van der Waals surface area contributed by atoms with Gasteiger partial charge in [-0.2, -0.15) is 9.57 Å². The van der Waals surface area contributed by atoms with Crippen molar-refractivity contribution in [1.29, 1.82) is 5.26 Å². The molecule has 2 aromatic carbocycles. The Morgan fingerprint density at radius 1 is 1.14 bits per heavy atom. The third-order valence-electron chi connectivity index (χ3n) is 4.76. The Bertz CT molecular complexity index is 1040. The lowest BCUT2D eigenvalue weighted by Crippen LogP contribution is -2.40. The maximum Gasteiger partial charge on any atom is 0.309 e. The summed E-state index contributed by atoms with van der Waals surface area (Å²) in [4.78, 5) is 11.6. The third-order valence-corrected chi connectivity index (χ3v) is 6.68. The average molecular weight is 420 g/mol. The van der Waals surface area contributed by atoms with Crippen LogP contribution in [0.1, 0.15) is 24.0 Å². The zero-order valence-corrected chi connectivity index (χ0v) is 16.2. The maximum atomic E-state index is 13.9. The summed E-state index contributed by atoms with van der Waals surface area (Å²) in [6, 6.07) is 10.9. The van der Waals surface area contributed by atoms with E-state index in [-0.39, 0.29) is 32.5 Å². The summed E-state index contributed by atoms with van der Waals surface area (Å²) in [7, 11) is -4.19. The summed E-state index contributed by atoms with van der Waals surface area (Å²) in [5.41, 5.74) is 1.24. The standard InChI is InChI=1S/C20H18F2N2O4S/c21-17-5-6-18(22)19(11-17)29(26,27)24-9-7-16(8-10-24)20(25)28-13-15-3-1-14(12-23)2-4-15/h1-6,11,16H,7-10,13H2. The Morgan fingerprint density at radius 3 is 2.41 bits per heavy atom. The number of rotatable bonds is 5. The van der Waals surface area contributed by atoms with E-state index >= 15 is 0 Å². The largest absolute Gasteiger partial charge is 0.461 e. The number of carbonyl (C=O) groups is 1. The summed E-state index contributed by atoms with van der Waals surface area (Å²) in [5.74, 6) is -2.78. The van der Waals surface area contributed by atoms with Gasteiger partial charge >= 0.3 is 5.97 Å². The van der Waals surface area contributed by atoms with Crippen molar-refractivity contribution in [2.45, 2.75) is 24.3 Å². The molecule has 152 valence electrons. The molecule has 0 aliphatic carbocycles. The van der Waals surface area contributed by atoms with E-state index in [2.05, 4.69) is 0 Å². The maximum absolute atomic E-state index is 13.9. The number of carbonyl (C=O) groups excluding carboxylic acids is 1. The summed E-state index contributed by atoms with van der Waals surface area (Å²) in [5, 5.41) is 8.78. The average Bonchev–Trinajstić information content (AvgIpc) is 2.74. The van der Waals surface area contributed by atoms with Crippen LogP contribution in [-0.2, 0) is 26.2 Å². The van der Waals surface area contributed by atoms with E-state index in [0.717, 1.165) is 22.0 Å². The lowest BCUT2D eigenvalue weighted by Gasteiger charge is -2.30. The van der Waals surface area contributed by atoms with Crippen LogP contribution in [0.5, 0.6) is 0 Å². The first-order valence-electron chi connectivity index (χ1n) is 8.92. The van der Waals surface area contributed by atoms with E-state index in [9.17, 15) is 22.0 Å². The van der Waals surface area contributed by atoms with E-state index in [4.69, 9.17) is 10.00 Å². The van der Waals surface area contributed by atoms with Crippen molar-refractivity contribution in [3.05, 3.63) is 65.2 Å². The molecule has 29 heavy (non-hydrogen) atoms. The molecule has 1 fully saturated rings. The van der Waals surface area contributed by atoms with Crippen LogP contribution in [-0.4, -0.2) is 31.8 Å². The Morgan fingerprint density at radius 2 is 1.79 bits per heavy atom. The van der Waals surface area contributed by atoms with Gasteiger partial charge in [-0.05, 0) is 48.7 Å². The summed E-state index contributed by atoms with van der Waals surface area (Å²) in [6.45, 7) is 0.0708. The number of esters is 1. The number of benzene rings is 2. The zero-order valence-electron chi connectivity index (χ0n) is 15.3. The van der Waals surface area contributed by atoms with E-state index < -0.39 is 38.4 Å². The van der Waals surface area contributed by atoms with Crippen LogP contribution in [0.25, 0.3) is 0 Å². The van der Waals surface area contributed by atoms with Gasteiger partial charge in [0, 0.05) is 13.1 Å². The number of hydrogen-bond acceptors (Lipinski definition) is 5. The molecule has 0 spiro atoms. The Hall–Kier alpha value is -2.83. The van der Waals surface area contributed by atoms with Crippen LogP contribution in [0.15, 0.2) is 47.4 Å². The molecule has 9 heteroatoms. The number of halogens is 2. The number of sulfonamides is 1. The van der Waals surface area contributed by atoms with E-state index in [1.165, 1.54) is 0 Å². The molecule has 1 heterocycles. The van der Waals surface area contributed by atoms with Crippen molar-refractivity contribution in [3.63, 3.8) is 0 Å². The molecule has 0 N–H and O–H groups in total. The first-order valence-corrected chi connectivity index (χ1v) is 10.4. The highest BCUT2D eigenvalue weighted by atomic mass is 32.2. The quantitative estimate of drug-likeness (QED) is 0.694. The summed E-state index contributed by atoms with van der Waals surface area (Å²) in [6.07, 6.45) is 0.449. The SMILES string of the molecule is N#Cc1ccc(COC(=O)C2CCN(S(=O)(=O)c3cc(F)ccc3F)CC2)cc1. The fourth-order valence-corrected chi connectivity index (χ4v) is 4.64. The monoisotopic (exact) mass is 420 g/mol. The van der Waals surface area contributed by atoms with Gasteiger partial charge in [0.1, 0.15) is 23.1 Å². The van der Waals surface area contributed by atoms with Gasteiger partial charge in [0.25, 0.3) is 0 Å². The molecule has 0 bridgehead atoms. The molecule has 0 radical (unpaired) electrons. The van der Waals surface area contributed by atoms with Crippen molar-refractivity contribution < 1.29 is 26.7 Å². The number of ether oxygens (including phenoxy) is 1. The van der Waals surface area contributed by atoms with Crippen LogP contribution < -0.4 is 0 Å². The van der Waals surface area contributed by atoms with Gasteiger partial charge in [0.05, 0.1) is 17.6 Å². The minimum atomic E-state index is -4.19. The second kappa shape index (κ2) is 8.68. The van der Waals surface area contributed by atoms with Gasteiger partial charge in [-0.25, -0.2) is 17.2 Å². The Kier molecular flexibility index (Phi) is 6.25. The van der Waals surface area contributed by atoms with E-state index in [1.54, 1.807) is 24.3 Å². The van der Waals surface area contributed by atoms with Gasteiger partial charge in [-0.15, -0.1) is 0 Å². The van der Waals surface area contributed by atoms with Crippen molar-refractivity contribution >= 4 is 16.0 Å². The fourth-order valence-electron chi connectivity index (χ4n) is 3.09. The molecule has 1 aliphatic rings. The third kappa shape index (κ3) is 4.78. The highest BCUT2D eigenvalue weighted by Crippen LogP contribution is 2.26. The van der Waals surface area contributed by atoms with Crippen LogP contribution in [0.4, 0.5) is 8.78 Å². The lowest BCUT2D eigenvalue weighted by atomic mass is 9.98. The van der Waals surface area contributed by atoms with Crippen LogP contribution >= 0.6 is 0 Å². The molecular weight excluding hydrogens is 402 g/mol. The van der Waals surface area contributed by atoms with Crippen LogP contribution in [0, 0.1) is 28.9 Å². The first-order chi connectivity index (χ1) is 13.8. The van der Waals surface area contributed by atoms with Crippen LogP contribution in [0.3, 0.4) is 0 Å². The van der Waals surface area contributed by atoms with E-state index in [1.807, 2.05) is 6.07 Å². The second-order valence-electron chi connectivity index (χ2n) is 6.67. The molecule has 3 rings (SSSR count). The second-order valence-corrected chi connectivity index (χ2v) is 8.58. The number of piperidine rings is 1. The lowest BCUT2D eigenvalue weighted by molar-refractivity contribution is -0.151. The first kappa shape index (κ1) is 20.9. The number of nitriles is 1. The van der Waals surface area contributed by atoms with Gasteiger partial charge in [0.15, 0.2) is 0 Å². The molecule has 1 aliphatic heterocycles. The summed E-state index contributed by atoms with van der Waals surface area (Å²) >= 11 is 0. The molecule has 0 unspecified atom stereocenters. The topological polar surface area (TPSA) is 87.5 Å². The Balaban J connectivity index is 1.57. The fraction of sp³-hybridized carbons (Fsp3) is 0.300.